The summed E-state index contributed by atoms with van der Waals surface area (Å²) in [5, 5.41) is 69.0. The number of rotatable bonds is 19. The molecule has 25 nitrogen and oxygen atoms in total. The van der Waals surface area contributed by atoms with Gasteiger partial charge in [-0.2, -0.15) is 0 Å². The van der Waals surface area contributed by atoms with E-state index in [1.807, 2.05) is 0 Å². The fraction of sp³-hybridized carbons (Fsp3) is 0.593. The molecule has 1 aromatic carbocycles. The van der Waals surface area contributed by atoms with Gasteiger partial charge < -0.3 is 67.3 Å². The number of carboxylic acids is 1. The minimum absolute atomic E-state index is 0.00881. The van der Waals surface area contributed by atoms with Crippen LogP contribution in [0.25, 0.3) is 10.9 Å². The van der Waals surface area contributed by atoms with Gasteiger partial charge in [-0.25, -0.2) is 4.79 Å². The van der Waals surface area contributed by atoms with E-state index in [1.54, 1.807) is 18.2 Å². The molecule has 4 aliphatic rings. The maximum Gasteiger partial charge on any atom is 0.343 e. The molecule has 12 N–H and O–H groups in total. The van der Waals surface area contributed by atoms with E-state index in [0.717, 1.165) is 40.2 Å². The summed E-state index contributed by atoms with van der Waals surface area (Å²) in [6.07, 6.45) is -4.17. The van der Waals surface area contributed by atoms with Crippen LogP contribution in [-0.2, 0) is 70.4 Å². The van der Waals surface area contributed by atoms with Crippen LogP contribution in [-0.4, -0.2) is 191 Å². The highest BCUT2D eigenvalue weighted by Gasteiger charge is 2.44. The molecule has 0 radical (unpaired) electrons. The number of aliphatic carboxylic acids is 1. The Bertz CT molecular complexity index is 2860. The molecule has 6 rings (SSSR count). The monoisotopic (exact) mass is 1200 g/mol. The van der Waals surface area contributed by atoms with Gasteiger partial charge in [0.05, 0.1) is 52.3 Å². The summed E-state index contributed by atoms with van der Waals surface area (Å²) in [7, 11) is 0. The number of hydrogen-bond donors (Lipinski definition) is 12. The first-order valence-corrected chi connectivity index (χ1v) is 30.1. The van der Waals surface area contributed by atoms with E-state index in [1.165, 1.54) is 27.7 Å². The summed E-state index contributed by atoms with van der Waals surface area (Å²) >= 11 is 3.21. The van der Waals surface area contributed by atoms with Crippen LogP contribution in [0.2, 0.25) is 0 Å². The summed E-state index contributed by atoms with van der Waals surface area (Å²) in [6.45, 7) is 4.20. The Morgan fingerprint density at radius 3 is 2.17 bits per heavy atom. The van der Waals surface area contributed by atoms with E-state index in [2.05, 4.69) is 36.9 Å². The minimum atomic E-state index is -1.96. The smallest absolute Gasteiger partial charge is 0.343 e. The number of benzene rings is 1. The molecule has 1 saturated heterocycles. The number of fused-ring (bicyclic) bond motifs is 5. The highest BCUT2D eigenvalue weighted by molar-refractivity contribution is 8.23. The lowest BCUT2D eigenvalue weighted by molar-refractivity contribution is -0.143. The lowest BCUT2D eigenvalue weighted by atomic mass is 9.89. The van der Waals surface area contributed by atoms with Crippen molar-refractivity contribution in [2.45, 2.75) is 158 Å². The van der Waals surface area contributed by atoms with Gasteiger partial charge >= 0.3 is 5.97 Å². The van der Waals surface area contributed by atoms with Crippen LogP contribution in [0.3, 0.4) is 0 Å². The standard InChI is InChI=1S/C54H72N8O17S3/c1-26-41(68)18-30-17-36-35-16-29(15-32(66)8-6-13-55-43(70)9-5-7-31(65)12-14-56-50(75)44-45(53(77)78)82-25-81-44)10-11-37(35)61-51(36)80-23-39(52(76)62-22-33(67)19-40(62)49(74)58-26)60-47(72)34(28(3)64)20-42(69)27(2)57-48(73)38(59-46(30)71)21-54(4,79)24-63/h10-11,16,26-28,30,33-34,38-40,61,63-64,67,79H,5-9,12-15,17-25H2,1-4H3,(H,55,70)(H,56,75)(H,57,73)(H,58,74)(H,59,71)(H,60,72)(H,77,78)/t26-,27-,28?,30+,33+,34-,38-,39+,40-,54+/m0/s1. The molecule has 5 heterocycles. The number of amides is 7. The zero-order valence-corrected chi connectivity index (χ0v) is 48.4. The van der Waals surface area contributed by atoms with Crippen molar-refractivity contribution in [3.05, 3.63) is 39.1 Å². The summed E-state index contributed by atoms with van der Waals surface area (Å²) < 4.78 is 0. The van der Waals surface area contributed by atoms with Crippen molar-refractivity contribution in [2.24, 2.45) is 11.8 Å². The van der Waals surface area contributed by atoms with Gasteiger partial charge in [0.15, 0.2) is 11.6 Å². The molecule has 1 fully saturated rings. The van der Waals surface area contributed by atoms with Gasteiger partial charge in [-0.15, -0.1) is 35.3 Å². The van der Waals surface area contributed by atoms with E-state index >= 15 is 0 Å². The second-order valence-corrected chi connectivity index (χ2v) is 24.9. The Hall–Kier alpha value is -6.17. The van der Waals surface area contributed by atoms with Gasteiger partial charge in [0.2, 0.25) is 35.4 Å². The number of nitrogens with zero attached hydrogens (tertiary/aromatic N) is 1. The molecular formula is C54H72N8O17S3. The zero-order chi connectivity index (χ0) is 60.2. The van der Waals surface area contributed by atoms with Gasteiger partial charge in [0.25, 0.3) is 5.91 Å². The fourth-order valence-electron chi connectivity index (χ4n) is 9.91. The summed E-state index contributed by atoms with van der Waals surface area (Å²) in [5.41, 5.74) is -0.482. The molecule has 2 aromatic rings. The maximum atomic E-state index is 14.8. The van der Waals surface area contributed by atoms with Crippen LogP contribution in [0.4, 0.5) is 0 Å². The number of carbonyl (C=O) groups is 12. The number of nitrogens with one attached hydrogen (secondary N) is 7. The molecule has 1 aromatic heterocycles. The van der Waals surface area contributed by atoms with Gasteiger partial charge in [-0.1, -0.05) is 6.07 Å². The van der Waals surface area contributed by atoms with Gasteiger partial charge in [-0.3, -0.25) is 52.7 Å². The minimum Gasteiger partial charge on any atom is -0.477 e. The lowest BCUT2D eigenvalue weighted by Crippen LogP contribution is -2.57. The van der Waals surface area contributed by atoms with Crippen molar-refractivity contribution in [3.8, 4) is 0 Å². The Labute approximate surface area is 485 Å². The van der Waals surface area contributed by atoms with E-state index < -0.39 is 139 Å². The third-order valence-corrected chi connectivity index (χ3v) is 18.2. The van der Waals surface area contributed by atoms with E-state index in [0.29, 0.717) is 32.1 Å². The Kier molecular flexibility index (Phi) is 23.3. The number of thioether (sulfide) groups is 3. The Balaban J connectivity index is 1.23. The van der Waals surface area contributed by atoms with Crippen molar-refractivity contribution in [1.82, 2.24) is 41.8 Å². The summed E-state index contributed by atoms with van der Waals surface area (Å²) in [4.78, 5) is 166. The number of H-pyrrole nitrogens is 1. The average molecular weight is 1200 g/mol. The number of aliphatic hydroxyl groups is 4. The van der Waals surface area contributed by atoms with Crippen molar-refractivity contribution >= 4 is 117 Å². The number of hydrogen-bond acceptors (Lipinski definition) is 19. The summed E-state index contributed by atoms with van der Waals surface area (Å²) in [6, 6.07) is -1.86. The zero-order valence-electron chi connectivity index (χ0n) is 46.0. The molecule has 2 bridgehead atoms. The van der Waals surface area contributed by atoms with Crippen molar-refractivity contribution in [3.63, 3.8) is 0 Å². The lowest BCUT2D eigenvalue weighted by Gasteiger charge is -2.30. The van der Waals surface area contributed by atoms with Gasteiger partial charge in [0, 0.05) is 105 Å². The van der Waals surface area contributed by atoms with E-state index in [-0.39, 0.29) is 110 Å². The predicted molar refractivity (Wildman–Crippen MR) is 300 cm³/mol. The van der Waals surface area contributed by atoms with Crippen molar-refractivity contribution in [2.75, 3.05) is 37.1 Å². The van der Waals surface area contributed by atoms with E-state index in [4.69, 9.17) is 0 Å². The topological polar surface area (TPSA) is 397 Å². The number of Topliss-reactive ketones (excluding diaryl/α,β-unsaturated/α-hetero) is 4. The molecule has 10 atom stereocenters. The van der Waals surface area contributed by atoms with E-state index in [9.17, 15) is 83.1 Å². The quantitative estimate of drug-likeness (QED) is 0.0783. The van der Waals surface area contributed by atoms with Crippen LogP contribution in [0, 0.1) is 11.8 Å². The normalized spacial score (nSPS) is 25.5. The number of aliphatic hydroxyl groups excluding tert-OH is 3. The van der Waals surface area contributed by atoms with Crippen LogP contribution >= 0.6 is 35.3 Å². The third-order valence-electron chi connectivity index (χ3n) is 14.6. The van der Waals surface area contributed by atoms with Crippen LogP contribution < -0.4 is 31.9 Å². The first-order chi connectivity index (χ1) is 38.7. The number of aromatic amines is 1. The molecule has 82 heavy (non-hydrogen) atoms. The maximum absolute atomic E-state index is 14.8. The van der Waals surface area contributed by atoms with Crippen molar-refractivity contribution < 1.29 is 83.1 Å². The fourth-order valence-corrected chi connectivity index (χ4v) is 13.3. The highest BCUT2D eigenvalue weighted by Crippen LogP contribution is 2.39. The Morgan fingerprint density at radius 2 is 1.48 bits per heavy atom. The third kappa shape index (κ3) is 17.7. The van der Waals surface area contributed by atoms with Gasteiger partial charge in [-0.05, 0) is 70.2 Å². The summed E-state index contributed by atoms with van der Waals surface area (Å²) in [5.74, 6) is -11.2. The predicted octanol–water partition coefficient (Wildman–Crippen LogP) is -0.577. The molecule has 0 saturated carbocycles. The molecule has 0 spiro atoms. The van der Waals surface area contributed by atoms with Crippen molar-refractivity contribution in [1.29, 1.82) is 0 Å². The van der Waals surface area contributed by atoms with Crippen LogP contribution in [0.15, 0.2) is 33.0 Å². The average Bonchev–Trinajstić information content (AvgIpc) is 3.89. The number of carboxylic acid groups (broad SMARTS) is 1. The molecule has 28 heteroatoms. The second-order valence-electron chi connectivity index (χ2n) is 21.5. The molecule has 7 amide bonds. The Morgan fingerprint density at radius 1 is 0.793 bits per heavy atom. The molecule has 0 aliphatic carbocycles. The first kappa shape index (κ1) is 65.0. The van der Waals surface area contributed by atoms with Crippen LogP contribution in [0.1, 0.15) is 103 Å². The molecule has 4 aliphatic heterocycles. The van der Waals surface area contributed by atoms with Crippen LogP contribution in [0.5, 0.6) is 0 Å². The molecule has 1 unspecified atom stereocenters. The number of aromatic nitrogens is 1. The van der Waals surface area contributed by atoms with Gasteiger partial charge in [0.1, 0.15) is 34.6 Å². The molecular weight excluding hydrogens is 1130 g/mol. The SMILES string of the molecule is CC(O)[C@@H]1CC(=O)[C@H](C)NC(=O)[C@H](C[C@@](C)(O)CO)NC(=O)[C@H]2CC(=O)[C@H](C)NC(=O)[C@@H]3C[C@@H](O)CN3C(=O)[C@@H](CSc3[nH]c4ccc(CC(=O)CCCNC(=O)CCCC(=O)CCNC(=O)C5=C(C(=O)O)SCS5)cc4c3C2)NC1=O. The number of carbonyl (C=O) groups excluding carboxylic acids is 11. The molecule has 448 valence electrons. The second kappa shape index (κ2) is 29.4. The number of ketones is 4. The first-order valence-electron chi connectivity index (χ1n) is 27.1. The largest absolute Gasteiger partial charge is 0.477 e. The highest BCUT2D eigenvalue weighted by atomic mass is 32.2.